The standard InChI is InChI=1S/C21H31N4OP/c1-14-12-15(2)21(16(3)13-14)22-17(4)19-10-11-20(26-19)18(5)23-27(24(6)7)25(8)9/h10-13H,1-9H3/b22-17?,23-18+. The van der Waals surface area contributed by atoms with Crippen molar-refractivity contribution in [1.29, 1.82) is 0 Å². The molecule has 0 saturated heterocycles. The van der Waals surface area contributed by atoms with Crippen molar-refractivity contribution in [3.63, 3.8) is 0 Å². The lowest BCUT2D eigenvalue weighted by Crippen LogP contribution is -2.16. The molecule has 0 saturated carbocycles. The SMILES string of the molecule is CC(=Nc1c(C)cc(C)cc1C)c1ccc(/C(C)=N/P(N(C)C)N(C)C)o1. The van der Waals surface area contributed by atoms with Crippen molar-refractivity contribution in [3.8, 4) is 0 Å². The normalized spacial score (nSPS) is 13.3. The number of aliphatic imine (C=N–C) groups is 1. The van der Waals surface area contributed by atoms with Crippen LogP contribution < -0.4 is 0 Å². The predicted octanol–water partition coefficient (Wildman–Crippen LogP) is 5.50. The van der Waals surface area contributed by atoms with Gasteiger partial charge in [-0.2, -0.15) is 0 Å². The first-order valence-electron chi connectivity index (χ1n) is 9.03. The highest BCUT2D eigenvalue weighted by atomic mass is 31.1. The number of nitrogens with zero attached hydrogens (tertiary/aromatic N) is 4. The Bertz CT molecular complexity index is 834. The fourth-order valence-electron chi connectivity index (χ4n) is 3.02. The summed E-state index contributed by atoms with van der Waals surface area (Å²) in [4.78, 5) is 4.83. The number of hydrogen-bond acceptors (Lipinski definition) is 5. The highest BCUT2D eigenvalue weighted by Gasteiger charge is 2.16. The van der Waals surface area contributed by atoms with Crippen molar-refractivity contribution < 1.29 is 4.42 Å². The molecule has 0 bridgehead atoms. The second-order valence-electron chi connectivity index (χ2n) is 7.26. The molecule has 0 spiro atoms. The summed E-state index contributed by atoms with van der Waals surface area (Å²) in [6, 6.07) is 8.27. The molecule has 0 atom stereocenters. The van der Waals surface area contributed by atoms with Crippen LogP contribution in [0, 0.1) is 20.8 Å². The van der Waals surface area contributed by atoms with Crippen LogP contribution in [-0.2, 0) is 0 Å². The summed E-state index contributed by atoms with van der Waals surface area (Å²) in [6.45, 7) is 10.3. The summed E-state index contributed by atoms with van der Waals surface area (Å²) < 4.78 is 15.1. The van der Waals surface area contributed by atoms with Gasteiger partial charge < -0.3 is 4.42 Å². The highest BCUT2D eigenvalue weighted by molar-refractivity contribution is 7.51. The van der Waals surface area contributed by atoms with Crippen LogP contribution in [0.25, 0.3) is 0 Å². The van der Waals surface area contributed by atoms with Crippen LogP contribution in [0.5, 0.6) is 0 Å². The molecule has 0 aliphatic carbocycles. The Morgan fingerprint density at radius 3 is 1.81 bits per heavy atom. The first kappa shape index (κ1) is 21.5. The highest BCUT2D eigenvalue weighted by Crippen LogP contribution is 2.41. The lowest BCUT2D eigenvalue weighted by molar-refractivity contribution is 0.546. The van der Waals surface area contributed by atoms with Crippen LogP contribution in [0.4, 0.5) is 5.69 Å². The molecule has 2 aromatic rings. The van der Waals surface area contributed by atoms with Crippen LogP contribution in [0.1, 0.15) is 42.1 Å². The molecule has 0 amide bonds. The van der Waals surface area contributed by atoms with Gasteiger partial charge in [-0.1, -0.05) is 17.7 Å². The minimum atomic E-state index is -0.735. The van der Waals surface area contributed by atoms with Gasteiger partial charge in [0.1, 0.15) is 11.5 Å². The first-order valence-corrected chi connectivity index (χ1v) is 10.2. The third-order valence-electron chi connectivity index (χ3n) is 4.19. The van der Waals surface area contributed by atoms with E-state index in [1.807, 2.05) is 54.2 Å². The van der Waals surface area contributed by atoms with Gasteiger partial charge in [-0.15, -0.1) is 0 Å². The molecular formula is C21H31N4OP. The molecule has 0 fully saturated rings. The molecule has 27 heavy (non-hydrogen) atoms. The second kappa shape index (κ2) is 8.92. The van der Waals surface area contributed by atoms with Gasteiger partial charge in [0.15, 0.2) is 8.37 Å². The molecule has 0 radical (unpaired) electrons. The monoisotopic (exact) mass is 386 g/mol. The number of benzene rings is 1. The van der Waals surface area contributed by atoms with Gasteiger partial charge >= 0.3 is 0 Å². The van der Waals surface area contributed by atoms with E-state index >= 15 is 0 Å². The third-order valence-corrected chi connectivity index (χ3v) is 6.10. The van der Waals surface area contributed by atoms with E-state index in [2.05, 4.69) is 42.2 Å². The third kappa shape index (κ3) is 5.35. The van der Waals surface area contributed by atoms with Crippen LogP contribution in [0.2, 0.25) is 0 Å². The number of rotatable bonds is 6. The Balaban J connectivity index is 2.32. The van der Waals surface area contributed by atoms with Gasteiger partial charge in [-0.3, -0.25) is 9.34 Å². The summed E-state index contributed by atoms with van der Waals surface area (Å²) in [6.07, 6.45) is 0. The summed E-state index contributed by atoms with van der Waals surface area (Å²) in [5, 5.41) is 0. The van der Waals surface area contributed by atoms with E-state index in [0.29, 0.717) is 0 Å². The number of aryl methyl sites for hydroxylation is 3. The second-order valence-corrected chi connectivity index (χ2v) is 9.59. The molecule has 0 aliphatic rings. The topological polar surface area (TPSA) is 44.3 Å². The first-order chi connectivity index (χ1) is 12.6. The Morgan fingerprint density at radius 2 is 1.33 bits per heavy atom. The van der Waals surface area contributed by atoms with Crippen molar-refractivity contribution >= 4 is 25.5 Å². The smallest absolute Gasteiger partial charge is 0.168 e. The maximum atomic E-state index is 6.06. The maximum Gasteiger partial charge on any atom is 0.168 e. The van der Waals surface area contributed by atoms with E-state index < -0.39 is 8.37 Å². The van der Waals surface area contributed by atoms with Crippen molar-refractivity contribution in [3.05, 3.63) is 52.5 Å². The molecule has 2 rings (SSSR count). The van der Waals surface area contributed by atoms with E-state index in [0.717, 1.165) is 28.6 Å². The van der Waals surface area contributed by atoms with Crippen LogP contribution in [0.3, 0.4) is 0 Å². The zero-order valence-corrected chi connectivity index (χ0v) is 18.8. The van der Waals surface area contributed by atoms with E-state index in [4.69, 9.17) is 14.2 Å². The largest absolute Gasteiger partial charge is 0.454 e. The lowest BCUT2D eigenvalue weighted by Gasteiger charge is -2.25. The van der Waals surface area contributed by atoms with E-state index in [1.165, 1.54) is 16.7 Å². The Labute approximate surface area is 164 Å². The van der Waals surface area contributed by atoms with E-state index in [-0.39, 0.29) is 0 Å². The van der Waals surface area contributed by atoms with Crippen LogP contribution in [0.15, 0.2) is 38.4 Å². The lowest BCUT2D eigenvalue weighted by atomic mass is 10.1. The van der Waals surface area contributed by atoms with Crippen molar-refractivity contribution in [2.45, 2.75) is 34.6 Å². The quantitative estimate of drug-likeness (QED) is 0.486. The number of hydrogen-bond donors (Lipinski definition) is 0. The maximum absolute atomic E-state index is 6.06. The van der Waals surface area contributed by atoms with Crippen LogP contribution in [-0.4, -0.2) is 49.0 Å². The molecule has 146 valence electrons. The summed E-state index contributed by atoms with van der Waals surface area (Å²) in [5.74, 6) is 1.56. The van der Waals surface area contributed by atoms with Gasteiger partial charge in [-0.05, 0) is 86.1 Å². The van der Waals surface area contributed by atoms with Gasteiger partial charge in [0.25, 0.3) is 0 Å². The van der Waals surface area contributed by atoms with Gasteiger partial charge in [-0.25, -0.2) is 9.76 Å². The minimum Gasteiger partial charge on any atom is -0.454 e. The molecule has 1 heterocycles. The number of furan rings is 1. The van der Waals surface area contributed by atoms with E-state index in [9.17, 15) is 0 Å². The molecule has 5 nitrogen and oxygen atoms in total. The predicted molar refractivity (Wildman–Crippen MR) is 118 cm³/mol. The van der Waals surface area contributed by atoms with Gasteiger partial charge in [0.2, 0.25) is 0 Å². The van der Waals surface area contributed by atoms with Gasteiger partial charge in [0, 0.05) is 0 Å². The Kier molecular flexibility index (Phi) is 7.10. The fourth-order valence-corrected chi connectivity index (χ4v) is 4.46. The summed E-state index contributed by atoms with van der Waals surface area (Å²) in [5.41, 5.74) is 6.40. The zero-order valence-electron chi connectivity index (χ0n) is 18.0. The Morgan fingerprint density at radius 1 is 0.852 bits per heavy atom. The van der Waals surface area contributed by atoms with Crippen molar-refractivity contribution in [1.82, 2.24) is 9.34 Å². The molecule has 6 heteroatoms. The van der Waals surface area contributed by atoms with Gasteiger partial charge in [0.05, 0.1) is 17.1 Å². The Hall–Kier alpha value is -1.81. The molecule has 0 unspecified atom stereocenters. The fraction of sp³-hybridized carbons (Fsp3) is 0.429. The average Bonchev–Trinajstić information content (AvgIpc) is 3.05. The summed E-state index contributed by atoms with van der Waals surface area (Å²) in [7, 11) is 7.43. The summed E-state index contributed by atoms with van der Waals surface area (Å²) >= 11 is 0. The van der Waals surface area contributed by atoms with Crippen LogP contribution >= 0.6 is 8.37 Å². The molecule has 1 aromatic heterocycles. The van der Waals surface area contributed by atoms with Crippen molar-refractivity contribution in [2.24, 2.45) is 9.76 Å². The molecule has 1 aromatic carbocycles. The molecule has 0 aliphatic heterocycles. The zero-order chi connectivity index (χ0) is 20.3. The van der Waals surface area contributed by atoms with Crippen molar-refractivity contribution in [2.75, 3.05) is 28.2 Å². The average molecular weight is 386 g/mol. The minimum absolute atomic E-state index is 0.735. The molecule has 0 N–H and O–H groups in total. The van der Waals surface area contributed by atoms with E-state index in [1.54, 1.807) is 0 Å². The molecular weight excluding hydrogens is 355 g/mol.